The summed E-state index contributed by atoms with van der Waals surface area (Å²) in [5.74, 6) is -1.12. The third kappa shape index (κ3) is 4.42. The summed E-state index contributed by atoms with van der Waals surface area (Å²) in [5, 5.41) is 13.7. The number of anilines is 1. The van der Waals surface area contributed by atoms with E-state index < -0.39 is 24.1 Å². The van der Waals surface area contributed by atoms with Gasteiger partial charge in [0.25, 0.3) is 5.56 Å². The van der Waals surface area contributed by atoms with Gasteiger partial charge in [0.1, 0.15) is 6.04 Å². The topological polar surface area (TPSA) is 114 Å². The molecule has 0 radical (unpaired) electrons. The summed E-state index contributed by atoms with van der Waals surface area (Å²) in [4.78, 5) is 36.7. The Morgan fingerprint density at radius 1 is 1.10 bits per heavy atom. The van der Waals surface area contributed by atoms with Gasteiger partial charge in [-0.1, -0.05) is 35.3 Å². The van der Waals surface area contributed by atoms with Gasteiger partial charge in [-0.25, -0.2) is 0 Å². The average Bonchev–Trinajstić information content (AvgIpc) is 2.67. The van der Waals surface area contributed by atoms with Crippen molar-refractivity contribution in [3.8, 4) is 0 Å². The molecule has 29 heavy (non-hydrogen) atoms. The maximum Gasteiger partial charge on any atom is 0.259 e. The number of halogens is 2. The lowest BCUT2D eigenvalue weighted by Gasteiger charge is -2.16. The van der Waals surface area contributed by atoms with Crippen LogP contribution in [-0.2, 0) is 16.0 Å². The summed E-state index contributed by atoms with van der Waals surface area (Å²) in [7, 11) is 0. The first-order valence-corrected chi connectivity index (χ1v) is 9.35. The molecule has 1 aromatic heterocycles. The van der Waals surface area contributed by atoms with Crippen LogP contribution in [0.25, 0.3) is 10.8 Å². The molecule has 2 aromatic carbocycles. The maximum atomic E-state index is 12.7. The Labute approximate surface area is 175 Å². The Kier molecular flexibility index (Phi) is 6.22. The largest absolute Gasteiger partial charge is 0.394 e. The van der Waals surface area contributed by atoms with Crippen molar-refractivity contribution in [3.05, 3.63) is 74.6 Å². The van der Waals surface area contributed by atoms with Gasteiger partial charge < -0.3 is 20.7 Å². The normalized spacial score (nSPS) is 12.0. The maximum absolute atomic E-state index is 12.7. The summed E-state index contributed by atoms with van der Waals surface area (Å²) < 4.78 is 1.08. The van der Waals surface area contributed by atoms with Gasteiger partial charge in [-0.2, -0.15) is 0 Å². The molecule has 0 spiro atoms. The van der Waals surface area contributed by atoms with Gasteiger partial charge in [0.15, 0.2) is 0 Å². The van der Waals surface area contributed by atoms with Gasteiger partial charge in [0, 0.05) is 22.7 Å². The number of nitrogens with one attached hydrogen (secondary N) is 1. The van der Waals surface area contributed by atoms with Gasteiger partial charge in [-0.3, -0.25) is 14.4 Å². The second-order valence-corrected chi connectivity index (χ2v) is 7.18. The molecule has 0 unspecified atom stereocenters. The number of aliphatic hydroxyl groups excluding tert-OH is 1. The Morgan fingerprint density at radius 3 is 2.52 bits per heavy atom. The van der Waals surface area contributed by atoms with Crippen LogP contribution in [0, 0.1) is 0 Å². The predicted molar refractivity (Wildman–Crippen MR) is 112 cm³/mol. The highest BCUT2D eigenvalue weighted by molar-refractivity contribution is 6.42. The monoisotopic (exact) mass is 433 g/mol. The van der Waals surface area contributed by atoms with Crippen molar-refractivity contribution in [2.24, 2.45) is 5.73 Å². The number of carbonyl (C=O) groups excluding carboxylic acids is 2. The van der Waals surface area contributed by atoms with Crippen molar-refractivity contribution < 1.29 is 14.7 Å². The smallest absolute Gasteiger partial charge is 0.259 e. The van der Waals surface area contributed by atoms with Crippen LogP contribution in [-0.4, -0.2) is 28.1 Å². The number of carbonyl (C=O) groups is 2. The SMILES string of the molecule is NC(=O)[C@H](CO)n1ccc2c(NC(=O)Cc3ccc(Cl)c(Cl)c3)cccc2c1=O. The van der Waals surface area contributed by atoms with Crippen LogP contribution in [0.1, 0.15) is 11.6 Å². The van der Waals surface area contributed by atoms with E-state index in [2.05, 4.69) is 5.32 Å². The van der Waals surface area contributed by atoms with E-state index in [4.69, 9.17) is 28.9 Å². The van der Waals surface area contributed by atoms with Gasteiger partial charge >= 0.3 is 0 Å². The van der Waals surface area contributed by atoms with Crippen molar-refractivity contribution in [2.45, 2.75) is 12.5 Å². The highest BCUT2D eigenvalue weighted by Crippen LogP contribution is 2.24. The molecule has 4 N–H and O–H groups in total. The summed E-state index contributed by atoms with van der Waals surface area (Å²) in [6.45, 7) is -0.596. The second-order valence-electron chi connectivity index (χ2n) is 6.37. The molecule has 150 valence electrons. The number of nitrogens with two attached hydrogens (primary N) is 1. The minimum atomic E-state index is -1.17. The van der Waals surface area contributed by atoms with Crippen LogP contribution in [0.2, 0.25) is 10.0 Å². The first-order chi connectivity index (χ1) is 13.8. The molecule has 3 rings (SSSR count). The van der Waals surface area contributed by atoms with E-state index in [1.807, 2.05) is 0 Å². The first-order valence-electron chi connectivity index (χ1n) is 8.59. The number of hydrogen-bond acceptors (Lipinski definition) is 4. The van der Waals surface area contributed by atoms with Crippen LogP contribution in [0.15, 0.2) is 53.5 Å². The zero-order chi connectivity index (χ0) is 21.1. The quantitative estimate of drug-likeness (QED) is 0.553. The van der Waals surface area contributed by atoms with E-state index in [0.29, 0.717) is 26.7 Å². The summed E-state index contributed by atoms with van der Waals surface area (Å²) in [5.41, 5.74) is 5.88. The van der Waals surface area contributed by atoms with E-state index in [1.54, 1.807) is 42.5 Å². The number of pyridine rings is 1. The molecule has 0 saturated carbocycles. The number of aromatic nitrogens is 1. The lowest BCUT2D eigenvalue weighted by molar-refractivity contribution is -0.122. The Bertz CT molecular complexity index is 1160. The third-order valence-electron chi connectivity index (χ3n) is 4.43. The van der Waals surface area contributed by atoms with Crippen molar-refractivity contribution in [2.75, 3.05) is 11.9 Å². The minimum absolute atomic E-state index is 0.0681. The summed E-state index contributed by atoms with van der Waals surface area (Å²) in [6, 6.07) is 10.2. The molecular formula is C20H17Cl2N3O4. The number of benzene rings is 2. The van der Waals surface area contributed by atoms with Crippen LogP contribution in [0.4, 0.5) is 5.69 Å². The van der Waals surface area contributed by atoms with Crippen LogP contribution in [0.5, 0.6) is 0 Å². The molecule has 7 nitrogen and oxygen atoms in total. The van der Waals surface area contributed by atoms with Crippen molar-refractivity contribution in [1.29, 1.82) is 0 Å². The van der Waals surface area contributed by atoms with Crippen LogP contribution < -0.4 is 16.6 Å². The van der Waals surface area contributed by atoms with E-state index >= 15 is 0 Å². The second kappa shape index (κ2) is 8.65. The highest BCUT2D eigenvalue weighted by Gasteiger charge is 2.19. The molecule has 2 amide bonds. The van der Waals surface area contributed by atoms with Gasteiger partial charge in [0.05, 0.1) is 23.1 Å². The van der Waals surface area contributed by atoms with Crippen LogP contribution in [0.3, 0.4) is 0 Å². The highest BCUT2D eigenvalue weighted by atomic mass is 35.5. The zero-order valence-corrected chi connectivity index (χ0v) is 16.6. The first kappa shape index (κ1) is 20.9. The Morgan fingerprint density at radius 2 is 1.86 bits per heavy atom. The van der Waals surface area contributed by atoms with E-state index in [9.17, 15) is 19.5 Å². The number of hydrogen-bond donors (Lipinski definition) is 3. The van der Waals surface area contributed by atoms with E-state index in [-0.39, 0.29) is 17.7 Å². The standard InChI is InChI=1S/C20H17Cl2N3O4/c21-14-5-4-11(8-15(14)22)9-18(27)24-16-3-1-2-13-12(16)6-7-25(20(13)29)17(10-26)19(23)28/h1-8,17,26H,9-10H2,(H2,23,28)(H,24,27)/t17-/m0/s1. The van der Waals surface area contributed by atoms with Crippen molar-refractivity contribution >= 4 is 51.5 Å². The number of rotatable bonds is 6. The average molecular weight is 434 g/mol. The minimum Gasteiger partial charge on any atom is -0.394 e. The molecule has 3 aromatic rings. The number of fused-ring (bicyclic) bond motifs is 1. The molecule has 0 aliphatic carbocycles. The molecule has 0 aliphatic rings. The Balaban J connectivity index is 1.91. The van der Waals surface area contributed by atoms with Gasteiger partial charge in [-0.15, -0.1) is 0 Å². The number of nitrogens with zero attached hydrogens (tertiary/aromatic N) is 1. The van der Waals surface area contributed by atoms with E-state index in [0.717, 1.165) is 4.57 Å². The lowest BCUT2D eigenvalue weighted by atomic mass is 10.1. The molecule has 0 aliphatic heterocycles. The van der Waals surface area contributed by atoms with Crippen LogP contribution >= 0.6 is 23.2 Å². The summed E-state index contributed by atoms with van der Waals surface area (Å²) in [6.07, 6.45) is 1.43. The van der Waals surface area contributed by atoms with E-state index in [1.165, 1.54) is 6.20 Å². The lowest BCUT2D eigenvalue weighted by Crippen LogP contribution is -2.35. The van der Waals surface area contributed by atoms with Gasteiger partial charge in [0.2, 0.25) is 11.8 Å². The number of primary amides is 1. The molecular weight excluding hydrogens is 417 g/mol. The molecule has 1 atom stereocenters. The fourth-order valence-electron chi connectivity index (χ4n) is 2.99. The fourth-order valence-corrected chi connectivity index (χ4v) is 3.31. The van der Waals surface area contributed by atoms with Gasteiger partial charge in [-0.05, 0) is 35.9 Å². The fraction of sp³-hybridized carbons (Fsp3) is 0.150. The number of aliphatic hydroxyl groups is 1. The Hall–Kier alpha value is -2.87. The molecule has 9 heteroatoms. The molecule has 0 saturated heterocycles. The molecule has 1 heterocycles. The third-order valence-corrected chi connectivity index (χ3v) is 5.17. The summed E-state index contributed by atoms with van der Waals surface area (Å²) >= 11 is 11.9. The molecule has 0 bridgehead atoms. The predicted octanol–water partition coefficient (Wildman–Crippen LogP) is 2.51. The van der Waals surface area contributed by atoms with Crippen molar-refractivity contribution in [3.63, 3.8) is 0 Å². The molecule has 0 fully saturated rings. The van der Waals surface area contributed by atoms with Crippen molar-refractivity contribution in [1.82, 2.24) is 4.57 Å². The number of amides is 2. The zero-order valence-electron chi connectivity index (χ0n) is 15.1.